The summed E-state index contributed by atoms with van der Waals surface area (Å²) in [5.41, 5.74) is 0. The number of carboxylic acid groups (broad SMARTS) is 1. The Kier molecular flexibility index (Phi) is 12.2. The molecule has 0 rings (SSSR count). The molecule has 2 atom stereocenters. The first kappa shape index (κ1) is 22.9. The smallest absolute Gasteiger partial charge is 0.747 e. The summed E-state index contributed by atoms with van der Waals surface area (Å²) in [6.45, 7) is 5.54. The molecule has 0 aliphatic heterocycles. The van der Waals surface area contributed by atoms with E-state index in [1.54, 1.807) is 6.08 Å². The third kappa shape index (κ3) is 10.0. The van der Waals surface area contributed by atoms with Gasteiger partial charge in [-0.15, -0.1) is 6.58 Å². The Labute approximate surface area is 146 Å². The van der Waals surface area contributed by atoms with Crippen LogP contribution in [0.1, 0.15) is 32.6 Å². The molecule has 1 N–H and O–H groups in total. The predicted octanol–water partition coefficient (Wildman–Crippen LogP) is -2.09. The summed E-state index contributed by atoms with van der Waals surface area (Å²) < 4.78 is 36.9. The number of carbonyl (C=O) groups is 2. The summed E-state index contributed by atoms with van der Waals surface area (Å²) in [5, 5.41) is 6.30. The fourth-order valence-corrected chi connectivity index (χ4v) is 2.08. The monoisotopic (exact) mass is 330 g/mol. The summed E-state index contributed by atoms with van der Waals surface area (Å²) in [5.74, 6) is -2.77. The van der Waals surface area contributed by atoms with Crippen LogP contribution in [-0.2, 0) is 24.4 Å². The standard InChI is InChI=1S/C12H20O7S.Na/c1-3-5-6-9(4-2)8-19-11(13)7-10(12(14)15)20(16,17)18;/h3,9-10H,1,4-8H2,2H3,(H,14,15)(H,16,17,18);/q;+1/p-1/t9-,10?;/m0./s1. The zero-order valence-electron chi connectivity index (χ0n) is 12.3. The number of allylic oxidation sites excluding steroid dienone is 1. The van der Waals surface area contributed by atoms with Crippen molar-refractivity contribution in [1.29, 1.82) is 0 Å². The molecule has 0 spiro atoms. The van der Waals surface area contributed by atoms with E-state index in [4.69, 9.17) is 9.84 Å². The van der Waals surface area contributed by atoms with Crippen molar-refractivity contribution in [3.05, 3.63) is 12.7 Å². The largest absolute Gasteiger partial charge is 1.00 e. The second-order valence-corrected chi connectivity index (χ2v) is 5.90. The minimum Gasteiger partial charge on any atom is -0.747 e. The third-order valence-corrected chi connectivity index (χ3v) is 3.88. The van der Waals surface area contributed by atoms with Gasteiger partial charge in [0.15, 0.2) is 5.25 Å². The van der Waals surface area contributed by atoms with E-state index in [2.05, 4.69) is 6.58 Å². The fraction of sp³-hybridized carbons (Fsp3) is 0.667. The topological polar surface area (TPSA) is 121 Å². The summed E-state index contributed by atoms with van der Waals surface area (Å²) >= 11 is 0. The first-order valence-electron chi connectivity index (χ1n) is 6.16. The Morgan fingerprint density at radius 1 is 1.43 bits per heavy atom. The van der Waals surface area contributed by atoms with E-state index in [1.807, 2.05) is 6.92 Å². The van der Waals surface area contributed by atoms with E-state index < -0.39 is 33.7 Å². The van der Waals surface area contributed by atoms with Gasteiger partial charge in [-0.2, -0.15) is 0 Å². The second-order valence-electron chi connectivity index (χ2n) is 4.35. The van der Waals surface area contributed by atoms with Crippen molar-refractivity contribution in [3.8, 4) is 0 Å². The zero-order valence-corrected chi connectivity index (χ0v) is 15.1. The minimum absolute atomic E-state index is 0. The van der Waals surface area contributed by atoms with Gasteiger partial charge < -0.3 is 14.4 Å². The Bertz CT molecular complexity index is 447. The average Bonchev–Trinajstić information content (AvgIpc) is 2.34. The van der Waals surface area contributed by atoms with Crippen molar-refractivity contribution in [2.45, 2.75) is 37.9 Å². The van der Waals surface area contributed by atoms with Crippen molar-refractivity contribution in [2.75, 3.05) is 6.61 Å². The first-order chi connectivity index (χ1) is 9.22. The van der Waals surface area contributed by atoms with Crippen LogP contribution in [0.25, 0.3) is 0 Å². The van der Waals surface area contributed by atoms with Crippen molar-refractivity contribution < 1.29 is 62.0 Å². The second kappa shape index (κ2) is 11.2. The van der Waals surface area contributed by atoms with Gasteiger partial charge in [-0.25, -0.2) is 8.42 Å². The summed E-state index contributed by atoms with van der Waals surface area (Å²) in [7, 11) is -5.08. The van der Waals surface area contributed by atoms with Crippen LogP contribution in [0, 0.1) is 5.92 Å². The normalized spacial score (nSPS) is 13.6. The number of ether oxygens (including phenoxy) is 1. The van der Waals surface area contributed by atoms with E-state index in [-0.39, 0.29) is 42.1 Å². The number of esters is 1. The van der Waals surface area contributed by atoms with Gasteiger partial charge in [0.25, 0.3) is 0 Å². The maximum absolute atomic E-state index is 11.4. The van der Waals surface area contributed by atoms with Crippen LogP contribution < -0.4 is 29.6 Å². The van der Waals surface area contributed by atoms with Crippen LogP contribution in [0.3, 0.4) is 0 Å². The van der Waals surface area contributed by atoms with Crippen molar-refractivity contribution in [1.82, 2.24) is 0 Å². The summed E-state index contributed by atoms with van der Waals surface area (Å²) in [4.78, 5) is 22.0. The van der Waals surface area contributed by atoms with Gasteiger partial charge in [0.1, 0.15) is 10.1 Å². The fourth-order valence-electron chi connectivity index (χ4n) is 1.49. The van der Waals surface area contributed by atoms with E-state index in [9.17, 15) is 22.6 Å². The van der Waals surface area contributed by atoms with Gasteiger partial charge in [-0.3, -0.25) is 9.59 Å². The quantitative estimate of drug-likeness (QED) is 0.211. The van der Waals surface area contributed by atoms with Gasteiger partial charge in [-0.05, 0) is 18.8 Å². The minimum atomic E-state index is -5.08. The van der Waals surface area contributed by atoms with Gasteiger partial charge in [0, 0.05) is 0 Å². The van der Waals surface area contributed by atoms with E-state index in [1.165, 1.54) is 0 Å². The molecule has 1 unspecified atom stereocenters. The third-order valence-electron chi connectivity index (χ3n) is 2.81. The number of aliphatic carboxylic acids is 1. The van der Waals surface area contributed by atoms with E-state index in [0.717, 1.165) is 19.3 Å². The number of carbonyl (C=O) groups excluding carboxylic acids is 1. The van der Waals surface area contributed by atoms with E-state index in [0.29, 0.717) is 0 Å². The molecular formula is C12H19NaO7S. The molecule has 9 heteroatoms. The van der Waals surface area contributed by atoms with Crippen LogP contribution in [0.5, 0.6) is 0 Å². The Morgan fingerprint density at radius 3 is 2.38 bits per heavy atom. The SMILES string of the molecule is C=CCC[C@H](CC)COC(=O)CC(C(=O)O)S(=O)(=O)[O-].[Na+]. The maximum Gasteiger partial charge on any atom is 1.00 e. The molecule has 0 radical (unpaired) electrons. The molecule has 0 aliphatic carbocycles. The van der Waals surface area contributed by atoms with Gasteiger partial charge >= 0.3 is 41.5 Å². The number of hydrogen-bond donors (Lipinski definition) is 1. The molecule has 0 aromatic carbocycles. The maximum atomic E-state index is 11.4. The molecule has 21 heavy (non-hydrogen) atoms. The molecule has 116 valence electrons. The van der Waals surface area contributed by atoms with Crippen molar-refractivity contribution in [3.63, 3.8) is 0 Å². The van der Waals surface area contributed by atoms with Crippen LogP contribution in [0.4, 0.5) is 0 Å². The molecule has 7 nitrogen and oxygen atoms in total. The molecule has 0 aromatic heterocycles. The molecule has 0 saturated carbocycles. The molecule has 0 aliphatic rings. The Hall–Kier alpha value is -0.410. The van der Waals surface area contributed by atoms with Crippen molar-refractivity contribution >= 4 is 22.1 Å². The molecular weight excluding hydrogens is 311 g/mol. The van der Waals surface area contributed by atoms with Crippen molar-refractivity contribution in [2.24, 2.45) is 5.92 Å². The predicted molar refractivity (Wildman–Crippen MR) is 69.9 cm³/mol. The Morgan fingerprint density at radius 2 is 2.00 bits per heavy atom. The average molecular weight is 330 g/mol. The number of hydrogen-bond acceptors (Lipinski definition) is 6. The summed E-state index contributed by atoms with van der Waals surface area (Å²) in [6.07, 6.45) is 3.02. The Balaban J connectivity index is 0. The van der Waals surface area contributed by atoms with Crippen LogP contribution in [0.15, 0.2) is 12.7 Å². The molecule has 0 aromatic rings. The summed E-state index contributed by atoms with van der Waals surface area (Å²) in [6, 6.07) is 0. The van der Waals surface area contributed by atoms with Gasteiger partial charge in [0.2, 0.25) is 0 Å². The van der Waals surface area contributed by atoms with Crippen LogP contribution in [0.2, 0.25) is 0 Å². The van der Waals surface area contributed by atoms with Gasteiger partial charge in [0.05, 0.1) is 13.0 Å². The molecule has 0 heterocycles. The molecule has 0 amide bonds. The van der Waals surface area contributed by atoms with Gasteiger partial charge in [-0.1, -0.05) is 19.4 Å². The first-order valence-corrected chi connectivity index (χ1v) is 7.63. The molecule has 0 saturated heterocycles. The molecule has 0 fully saturated rings. The van der Waals surface area contributed by atoms with Crippen LogP contribution in [-0.4, -0.2) is 41.9 Å². The van der Waals surface area contributed by atoms with E-state index >= 15 is 0 Å². The zero-order chi connectivity index (χ0) is 15.8. The molecule has 0 bridgehead atoms. The van der Waals surface area contributed by atoms with Crippen LogP contribution >= 0.6 is 0 Å². The number of carboxylic acids is 1. The number of rotatable bonds is 10.